The highest BCUT2D eigenvalue weighted by Gasteiger charge is 2.43. The fourth-order valence-corrected chi connectivity index (χ4v) is 2.68. The molecule has 23 heavy (non-hydrogen) atoms. The molecule has 2 heterocycles. The minimum atomic E-state index is -2.89. The molecule has 1 unspecified atom stereocenters. The normalized spacial score (nSPS) is 23.2. The van der Waals surface area contributed by atoms with Crippen molar-refractivity contribution in [3.05, 3.63) is 23.8 Å². The Bertz CT molecular complexity index is 585. The summed E-state index contributed by atoms with van der Waals surface area (Å²) in [6.07, 6.45) is 2.20. The van der Waals surface area contributed by atoms with E-state index in [1.165, 1.54) is 6.07 Å². The number of rotatable bonds is 6. The minimum Gasteiger partial charge on any atom is -0.490 e. The van der Waals surface area contributed by atoms with Crippen LogP contribution in [0.4, 0.5) is 8.78 Å². The number of benzene rings is 1. The van der Waals surface area contributed by atoms with Crippen molar-refractivity contribution in [2.45, 2.75) is 38.4 Å². The highest BCUT2D eigenvalue weighted by Crippen LogP contribution is 2.36. The van der Waals surface area contributed by atoms with Crippen LogP contribution in [0, 0.1) is 0 Å². The monoisotopic (exact) mass is 327 g/mol. The Morgan fingerprint density at radius 3 is 2.91 bits per heavy atom. The molecule has 3 rings (SSSR count). The predicted molar refractivity (Wildman–Crippen MR) is 79.3 cm³/mol. The van der Waals surface area contributed by atoms with Crippen molar-refractivity contribution in [3.63, 3.8) is 0 Å². The smallest absolute Gasteiger partial charge is 0.387 e. The van der Waals surface area contributed by atoms with Crippen LogP contribution in [0.2, 0.25) is 0 Å². The highest BCUT2D eigenvalue weighted by atomic mass is 19.3. The van der Waals surface area contributed by atoms with E-state index in [2.05, 4.69) is 9.89 Å². The molecule has 5 nitrogen and oxygen atoms in total. The summed E-state index contributed by atoms with van der Waals surface area (Å²) >= 11 is 0. The lowest BCUT2D eigenvalue weighted by Gasteiger charge is -2.17. The first-order valence-electron chi connectivity index (χ1n) is 7.67. The van der Waals surface area contributed by atoms with Gasteiger partial charge in [0.1, 0.15) is 0 Å². The van der Waals surface area contributed by atoms with E-state index < -0.39 is 6.61 Å². The number of nitrogens with zero attached hydrogens (tertiary/aromatic N) is 1. The molecule has 126 valence electrons. The molecule has 0 aromatic heterocycles. The molecule has 7 heteroatoms. The molecule has 2 aliphatic rings. The van der Waals surface area contributed by atoms with Crippen molar-refractivity contribution < 1.29 is 27.8 Å². The molecule has 0 radical (unpaired) electrons. The Hall–Kier alpha value is -1.89. The maximum atomic E-state index is 12.5. The van der Waals surface area contributed by atoms with Crippen LogP contribution in [0.15, 0.2) is 23.4 Å². The van der Waals surface area contributed by atoms with E-state index in [1.807, 2.05) is 6.92 Å². The summed E-state index contributed by atoms with van der Waals surface area (Å²) in [6, 6.07) is 4.84. The van der Waals surface area contributed by atoms with Gasteiger partial charge < -0.3 is 19.0 Å². The Balaban J connectivity index is 1.79. The van der Waals surface area contributed by atoms with Gasteiger partial charge in [-0.25, -0.2) is 0 Å². The molecular weight excluding hydrogens is 308 g/mol. The second-order valence-corrected chi connectivity index (χ2v) is 5.68. The van der Waals surface area contributed by atoms with E-state index in [0.29, 0.717) is 26.2 Å². The molecule has 1 saturated heterocycles. The topological polar surface area (TPSA) is 49.3 Å². The molecule has 0 N–H and O–H groups in total. The number of hydrogen-bond donors (Lipinski definition) is 0. The van der Waals surface area contributed by atoms with Gasteiger partial charge in [0.15, 0.2) is 17.1 Å². The Kier molecular flexibility index (Phi) is 4.66. The first-order chi connectivity index (χ1) is 11.1. The number of halogens is 2. The molecule has 1 aromatic rings. The summed E-state index contributed by atoms with van der Waals surface area (Å²) in [4.78, 5) is 5.56. The Labute approximate surface area is 133 Å². The van der Waals surface area contributed by atoms with E-state index in [1.54, 1.807) is 12.1 Å². The molecule has 0 bridgehead atoms. The predicted octanol–water partition coefficient (Wildman–Crippen LogP) is 3.36. The summed E-state index contributed by atoms with van der Waals surface area (Å²) in [5.41, 5.74) is 1.17. The maximum Gasteiger partial charge on any atom is 0.387 e. The van der Waals surface area contributed by atoms with Crippen LogP contribution in [-0.2, 0) is 9.57 Å². The molecule has 2 aliphatic heterocycles. The van der Waals surface area contributed by atoms with Crippen LogP contribution in [0.25, 0.3) is 0 Å². The largest absolute Gasteiger partial charge is 0.490 e. The van der Waals surface area contributed by atoms with Gasteiger partial charge in [-0.3, -0.25) is 0 Å². The van der Waals surface area contributed by atoms with Gasteiger partial charge in [-0.15, -0.1) is 0 Å². The third-order valence-corrected chi connectivity index (χ3v) is 3.86. The number of alkyl halides is 2. The molecular formula is C16H19F2NO4. The van der Waals surface area contributed by atoms with Crippen molar-refractivity contribution >= 4 is 5.71 Å². The molecule has 1 fully saturated rings. The third kappa shape index (κ3) is 3.55. The van der Waals surface area contributed by atoms with E-state index in [-0.39, 0.29) is 17.1 Å². The van der Waals surface area contributed by atoms with Gasteiger partial charge in [-0.2, -0.15) is 8.78 Å². The summed E-state index contributed by atoms with van der Waals surface area (Å²) in [6.45, 7) is 0.650. The van der Waals surface area contributed by atoms with Gasteiger partial charge in [-0.05, 0) is 24.6 Å². The van der Waals surface area contributed by atoms with E-state index in [4.69, 9.17) is 14.3 Å². The second kappa shape index (κ2) is 6.70. The lowest BCUT2D eigenvalue weighted by molar-refractivity contribution is -0.0514. The molecule has 0 amide bonds. The van der Waals surface area contributed by atoms with E-state index in [9.17, 15) is 8.78 Å². The van der Waals surface area contributed by atoms with Crippen molar-refractivity contribution in [2.24, 2.45) is 5.16 Å². The van der Waals surface area contributed by atoms with E-state index >= 15 is 0 Å². The zero-order valence-corrected chi connectivity index (χ0v) is 12.9. The van der Waals surface area contributed by atoms with Crippen LogP contribution < -0.4 is 9.47 Å². The van der Waals surface area contributed by atoms with Crippen LogP contribution in [0.1, 0.15) is 31.7 Å². The average molecular weight is 327 g/mol. The number of hydrogen-bond acceptors (Lipinski definition) is 5. The van der Waals surface area contributed by atoms with Gasteiger partial charge in [0.05, 0.1) is 25.5 Å². The average Bonchev–Trinajstić information content (AvgIpc) is 3.16. The summed E-state index contributed by atoms with van der Waals surface area (Å²) in [5, 5.41) is 4.15. The van der Waals surface area contributed by atoms with Gasteiger partial charge in [0, 0.05) is 18.4 Å². The molecule has 0 saturated carbocycles. The standard InChI is InChI=1S/C16H19F2NO4/c1-2-6-21-14-8-11(3-4-13(14)22-15(17)18)12-9-16(23-19-12)5-7-20-10-16/h3-4,8,15H,2,5-7,9-10H2,1H3. The molecule has 1 atom stereocenters. The van der Waals surface area contributed by atoms with Gasteiger partial charge in [0.2, 0.25) is 0 Å². The van der Waals surface area contributed by atoms with Gasteiger partial charge in [-0.1, -0.05) is 12.1 Å². The minimum absolute atomic E-state index is 0.0237. The summed E-state index contributed by atoms with van der Waals surface area (Å²) < 4.78 is 40.4. The van der Waals surface area contributed by atoms with Crippen LogP contribution >= 0.6 is 0 Å². The molecule has 1 aromatic carbocycles. The number of oxime groups is 1. The van der Waals surface area contributed by atoms with Crippen molar-refractivity contribution in [3.8, 4) is 11.5 Å². The van der Waals surface area contributed by atoms with Crippen molar-refractivity contribution in [2.75, 3.05) is 19.8 Å². The zero-order valence-electron chi connectivity index (χ0n) is 12.9. The van der Waals surface area contributed by atoms with Gasteiger partial charge in [0.25, 0.3) is 0 Å². The Morgan fingerprint density at radius 2 is 2.22 bits per heavy atom. The first kappa shape index (κ1) is 16.0. The Morgan fingerprint density at radius 1 is 1.35 bits per heavy atom. The fraction of sp³-hybridized carbons (Fsp3) is 0.562. The third-order valence-electron chi connectivity index (χ3n) is 3.86. The number of ether oxygens (including phenoxy) is 3. The van der Waals surface area contributed by atoms with Crippen LogP contribution in [0.3, 0.4) is 0 Å². The van der Waals surface area contributed by atoms with Crippen molar-refractivity contribution in [1.82, 2.24) is 0 Å². The molecule has 0 aliphatic carbocycles. The highest BCUT2D eigenvalue weighted by molar-refractivity contribution is 6.02. The maximum absolute atomic E-state index is 12.5. The van der Waals surface area contributed by atoms with E-state index in [0.717, 1.165) is 24.1 Å². The lowest BCUT2D eigenvalue weighted by Crippen LogP contribution is -2.29. The quantitative estimate of drug-likeness (QED) is 0.804. The lowest BCUT2D eigenvalue weighted by atomic mass is 9.93. The SMILES string of the molecule is CCCOc1cc(C2=NOC3(CCOC3)C2)ccc1OC(F)F. The van der Waals surface area contributed by atoms with Crippen LogP contribution in [-0.4, -0.2) is 37.7 Å². The molecule has 1 spiro atoms. The van der Waals surface area contributed by atoms with Crippen LogP contribution in [0.5, 0.6) is 11.5 Å². The second-order valence-electron chi connectivity index (χ2n) is 5.68. The van der Waals surface area contributed by atoms with Gasteiger partial charge >= 0.3 is 6.61 Å². The summed E-state index contributed by atoms with van der Waals surface area (Å²) in [7, 11) is 0. The fourth-order valence-electron chi connectivity index (χ4n) is 2.68. The first-order valence-corrected chi connectivity index (χ1v) is 7.67. The van der Waals surface area contributed by atoms with Crippen molar-refractivity contribution in [1.29, 1.82) is 0 Å². The zero-order chi connectivity index (χ0) is 16.3. The summed E-state index contributed by atoms with van der Waals surface area (Å²) in [5.74, 6) is 0.312.